The fourth-order valence-electron chi connectivity index (χ4n) is 1.15. The fraction of sp³-hybridized carbons (Fsp3) is 0. The Morgan fingerprint density at radius 3 is 1.69 bits per heavy atom. The summed E-state index contributed by atoms with van der Waals surface area (Å²) in [5.74, 6) is 0. The van der Waals surface area contributed by atoms with E-state index in [1.54, 1.807) is 24.5 Å². The van der Waals surface area contributed by atoms with Crippen LogP contribution in [-0.2, 0) is 0 Å². The lowest BCUT2D eigenvalue weighted by Gasteiger charge is -1.98. The summed E-state index contributed by atoms with van der Waals surface area (Å²) in [5, 5.41) is 1.57. The fourth-order valence-corrected chi connectivity index (χ4v) is 3.34. The topological polar surface area (TPSA) is 65.7 Å². The van der Waals surface area contributed by atoms with Gasteiger partial charge in [0.15, 0.2) is 12.6 Å². The summed E-state index contributed by atoms with van der Waals surface area (Å²) in [6.07, 6.45) is 5.02. The molecule has 0 bridgehead atoms. The highest BCUT2D eigenvalue weighted by molar-refractivity contribution is 8.76. The zero-order valence-corrected chi connectivity index (χ0v) is 9.73. The summed E-state index contributed by atoms with van der Waals surface area (Å²) in [6, 6.07) is 3.43. The number of nitrogens with one attached hydrogen (secondary N) is 2. The smallest absolute Gasteiger partial charge is 0.152 e. The maximum absolute atomic E-state index is 10.7. The second kappa shape index (κ2) is 5.09. The molecular weight excluding hydrogens is 244 g/mol. The number of aromatic nitrogens is 2. The highest BCUT2D eigenvalue weighted by Gasteiger charge is 2.08. The van der Waals surface area contributed by atoms with Crippen LogP contribution in [0.25, 0.3) is 0 Å². The van der Waals surface area contributed by atoms with Crippen molar-refractivity contribution in [2.75, 3.05) is 0 Å². The molecule has 0 amide bonds. The predicted molar refractivity (Wildman–Crippen MR) is 64.1 cm³/mol. The summed E-state index contributed by atoms with van der Waals surface area (Å²) in [6.45, 7) is 0. The van der Waals surface area contributed by atoms with Gasteiger partial charge in [0.1, 0.15) is 0 Å². The van der Waals surface area contributed by atoms with E-state index in [-0.39, 0.29) is 0 Å². The van der Waals surface area contributed by atoms with Gasteiger partial charge in [0, 0.05) is 23.5 Å². The molecule has 0 atom stereocenters. The van der Waals surface area contributed by atoms with Crippen LogP contribution in [0, 0.1) is 0 Å². The Labute approximate surface area is 99.6 Å². The first-order valence-corrected chi connectivity index (χ1v) is 6.59. The van der Waals surface area contributed by atoms with Gasteiger partial charge in [-0.25, -0.2) is 0 Å². The van der Waals surface area contributed by atoms with Crippen molar-refractivity contribution in [1.82, 2.24) is 9.97 Å². The van der Waals surface area contributed by atoms with Gasteiger partial charge >= 0.3 is 0 Å². The van der Waals surface area contributed by atoms with Gasteiger partial charge < -0.3 is 9.97 Å². The number of hydrogen-bond donors (Lipinski definition) is 2. The minimum absolute atomic E-state index is 0.622. The minimum Gasteiger partial charge on any atom is -0.355 e. The zero-order chi connectivity index (χ0) is 11.4. The van der Waals surface area contributed by atoms with Crippen molar-refractivity contribution >= 4 is 34.2 Å². The molecule has 16 heavy (non-hydrogen) atoms. The van der Waals surface area contributed by atoms with Crippen LogP contribution in [0.2, 0.25) is 0 Å². The third kappa shape index (κ3) is 2.23. The van der Waals surface area contributed by atoms with E-state index in [9.17, 15) is 9.59 Å². The van der Waals surface area contributed by atoms with Crippen molar-refractivity contribution in [3.63, 3.8) is 0 Å². The standard InChI is InChI=1S/C10H8N2O2S2/c13-5-7-1-3-11-9(7)15-16-10-8(6-14)2-4-12-10/h1-6,11-12H. The predicted octanol–water partition coefficient (Wildman–Crippen LogP) is 2.77. The molecule has 0 aliphatic heterocycles. The van der Waals surface area contributed by atoms with Gasteiger partial charge in [0.25, 0.3) is 0 Å². The van der Waals surface area contributed by atoms with Gasteiger partial charge in [0.05, 0.1) is 10.1 Å². The molecule has 0 spiro atoms. The Bertz CT molecular complexity index is 458. The Morgan fingerprint density at radius 2 is 1.31 bits per heavy atom. The molecule has 4 nitrogen and oxygen atoms in total. The first-order chi connectivity index (χ1) is 7.85. The number of carbonyl (C=O) groups excluding carboxylic acids is 2. The molecule has 0 fully saturated rings. The zero-order valence-electron chi connectivity index (χ0n) is 8.10. The SMILES string of the molecule is O=Cc1cc[nH]c1SSc1[nH]ccc1C=O. The maximum Gasteiger partial charge on any atom is 0.152 e. The average Bonchev–Trinajstić information content (AvgIpc) is 2.94. The van der Waals surface area contributed by atoms with Crippen molar-refractivity contribution in [2.24, 2.45) is 0 Å². The number of H-pyrrole nitrogens is 2. The molecule has 6 heteroatoms. The number of hydrogen-bond acceptors (Lipinski definition) is 4. The van der Waals surface area contributed by atoms with Crippen molar-refractivity contribution in [1.29, 1.82) is 0 Å². The molecule has 0 saturated carbocycles. The maximum atomic E-state index is 10.7. The van der Waals surface area contributed by atoms with E-state index >= 15 is 0 Å². The van der Waals surface area contributed by atoms with E-state index < -0.39 is 0 Å². The molecule has 0 aromatic carbocycles. The third-order valence-corrected chi connectivity index (χ3v) is 4.32. The van der Waals surface area contributed by atoms with Crippen molar-refractivity contribution < 1.29 is 9.59 Å². The van der Waals surface area contributed by atoms with Crippen LogP contribution >= 0.6 is 21.6 Å². The molecular formula is C10H8N2O2S2. The summed E-state index contributed by atoms with van der Waals surface area (Å²) >= 11 is 0. The van der Waals surface area contributed by atoms with Crippen molar-refractivity contribution in [3.05, 3.63) is 35.7 Å². The quantitative estimate of drug-likeness (QED) is 0.634. The molecule has 82 valence electrons. The molecule has 0 unspecified atom stereocenters. The van der Waals surface area contributed by atoms with E-state index in [2.05, 4.69) is 9.97 Å². The van der Waals surface area contributed by atoms with Gasteiger partial charge in [0.2, 0.25) is 0 Å². The molecule has 2 N–H and O–H groups in total. The lowest BCUT2D eigenvalue weighted by molar-refractivity contribution is 0.111. The number of carbonyl (C=O) groups is 2. The van der Waals surface area contributed by atoms with Crippen molar-refractivity contribution in [2.45, 2.75) is 10.1 Å². The lowest BCUT2D eigenvalue weighted by atomic mass is 10.4. The molecule has 0 aliphatic carbocycles. The Morgan fingerprint density at radius 1 is 0.875 bits per heavy atom. The van der Waals surface area contributed by atoms with Crippen LogP contribution < -0.4 is 0 Å². The highest BCUT2D eigenvalue weighted by atomic mass is 33.1. The molecule has 0 saturated heterocycles. The van der Waals surface area contributed by atoms with E-state index in [4.69, 9.17) is 0 Å². The van der Waals surface area contributed by atoms with E-state index in [1.807, 2.05) is 0 Å². The molecule has 0 radical (unpaired) electrons. The van der Waals surface area contributed by atoms with Crippen LogP contribution in [-0.4, -0.2) is 22.5 Å². The Balaban J connectivity index is 2.07. The van der Waals surface area contributed by atoms with Crippen LogP contribution in [0.4, 0.5) is 0 Å². The van der Waals surface area contributed by atoms with Gasteiger partial charge in [-0.15, -0.1) is 0 Å². The number of aromatic amines is 2. The van der Waals surface area contributed by atoms with Crippen LogP contribution in [0.1, 0.15) is 20.7 Å². The molecule has 2 aromatic heterocycles. The first-order valence-electron chi connectivity index (χ1n) is 4.45. The average molecular weight is 252 g/mol. The van der Waals surface area contributed by atoms with E-state index in [0.29, 0.717) is 11.1 Å². The first kappa shape index (κ1) is 11.1. The van der Waals surface area contributed by atoms with Crippen molar-refractivity contribution in [3.8, 4) is 0 Å². The lowest BCUT2D eigenvalue weighted by Crippen LogP contribution is -1.80. The normalized spacial score (nSPS) is 10.2. The number of aldehydes is 2. The second-order valence-electron chi connectivity index (χ2n) is 2.93. The van der Waals surface area contributed by atoms with Crippen LogP contribution in [0.3, 0.4) is 0 Å². The largest absolute Gasteiger partial charge is 0.355 e. The molecule has 2 rings (SSSR count). The van der Waals surface area contributed by atoms with Crippen LogP contribution in [0.5, 0.6) is 0 Å². The monoisotopic (exact) mass is 252 g/mol. The molecule has 2 aromatic rings. The van der Waals surface area contributed by atoms with E-state index in [0.717, 1.165) is 22.6 Å². The van der Waals surface area contributed by atoms with Gasteiger partial charge in [-0.1, -0.05) is 0 Å². The summed E-state index contributed by atoms with van der Waals surface area (Å²) in [4.78, 5) is 27.3. The summed E-state index contributed by atoms with van der Waals surface area (Å²) in [5.41, 5.74) is 1.24. The highest BCUT2D eigenvalue weighted by Crippen LogP contribution is 2.38. The van der Waals surface area contributed by atoms with Gasteiger partial charge in [-0.2, -0.15) is 0 Å². The third-order valence-electron chi connectivity index (χ3n) is 1.94. The number of rotatable bonds is 5. The Kier molecular flexibility index (Phi) is 3.53. The van der Waals surface area contributed by atoms with Crippen LogP contribution in [0.15, 0.2) is 34.6 Å². The minimum atomic E-state index is 0.622. The second-order valence-corrected chi connectivity index (χ2v) is 5.08. The van der Waals surface area contributed by atoms with Gasteiger partial charge in [-0.05, 0) is 33.7 Å². The van der Waals surface area contributed by atoms with E-state index in [1.165, 1.54) is 21.6 Å². The summed E-state index contributed by atoms with van der Waals surface area (Å²) in [7, 11) is 2.81. The van der Waals surface area contributed by atoms with Gasteiger partial charge in [-0.3, -0.25) is 9.59 Å². The molecule has 2 heterocycles. The Hall–Kier alpha value is -1.40. The molecule has 0 aliphatic rings. The summed E-state index contributed by atoms with van der Waals surface area (Å²) < 4.78 is 0.